The predicted molar refractivity (Wildman–Crippen MR) is 62.6 cm³/mol. The van der Waals surface area contributed by atoms with Gasteiger partial charge in [0.15, 0.2) is 0 Å². The van der Waals surface area contributed by atoms with Crippen LogP contribution in [0.4, 0.5) is 4.79 Å². The highest BCUT2D eigenvalue weighted by Gasteiger charge is 2.03. The minimum Gasteiger partial charge on any atom is -0.311 e. The summed E-state index contributed by atoms with van der Waals surface area (Å²) in [5.74, 6) is 0. The van der Waals surface area contributed by atoms with Gasteiger partial charge in [-0.3, -0.25) is 9.71 Å². The first-order valence-corrected chi connectivity index (χ1v) is 5.46. The molecule has 0 unspecified atom stereocenters. The van der Waals surface area contributed by atoms with Crippen LogP contribution in [0.5, 0.6) is 0 Å². The van der Waals surface area contributed by atoms with Gasteiger partial charge in [0.25, 0.3) is 0 Å². The molecule has 2 N–H and O–H groups in total. The largest absolute Gasteiger partial charge is 0.328 e. The summed E-state index contributed by atoms with van der Waals surface area (Å²) in [6.07, 6.45) is 1.80. The molecule has 14 heavy (non-hydrogen) atoms. The Morgan fingerprint density at radius 3 is 2.29 bits per heavy atom. The lowest BCUT2D eigenvalue weighted by molar-refractivity contribution is 0.249. The summed E-state index contributed by atoms with van der Waals surface area (Å²) in [4.78, 5) is 15.2. The maximum Gasteiger partial charge on any atom is 0.328 e. The van der Waals surface area contributed by atoms with Crippen LogP contribution in [-0.4, -0.2) is 25.0 Å². The Bertz CT molecular complexity index is 271. The highest BCUT2D eigenvalue weighted by Crippen LogP contribution is 2.02. The molecule has 0 heterocycles. The number of aliphatic imine (C=N–C) groups is 1. The van der Waals surface area contributed by atoms with Gasteiger partial charge in [0.2, 0.25) is 0 Å². The Hall–Kier alpha value is -0.970. The number of allylic oxidation sites excluding steroid dienone is 2. The molecule has 0 aliphatic heterocycles. The van der Waals surface area contributed by atoms with Crippen LogP contribution in [0.25, 0.3) is 0 Å². The molecule has 80 valence electrons. The summed E-state index contributed by atoms with van der Waals surface area (Å²) in [5.41, 5.74) is 2.73. The molecular weight excluding hydrogens is 198 g/mol. The monoisotopic (exact) mass is 215 g/mol. The Kier molecular flexibility index (Phi) is 6.03. The van der Waals surface area contributed by atoms with Gasteiger partial charge in [-0.25, -0.2) is 4.79 Å². The number of amides is 2. The third-order valence-electron chi connectivity index (χ3n) is 1.94. The van der Waals surface area contributed by atoms with Gasteiger partial charge in [-0.15, -0.1) is 0 Å². The van der Waals surface area contributed by atoms with Crippen molar-refractivity contribution < 1.29 is 4.79 Å². The van der Waals surface area contributed by atoms with Crippen LogP contribution in [0.3, 0.4) is 0 Å². The second-order valence-corrected chi connectivity index (χ2v) is 3.43. The van der Waals surface area contributed by atoms with Crippen molar-refractivity contribution in [3.63, 3.8) is 0 Å². The Morgan fingerprint density at radius 2 is 1.86 bits per heavy atom. The minimum atomic E-state index is -0.210. The van der Waals surface area contributed by atoms with E-state index in [0.29, 0.717) is 0 Å². The van der Waals surface area contributed by atoms with Gasteiger partial charge >= 0.3 is 6.03 Å². The van der Waals surface area contributed by atoms with Crippen LogP contribution in [0.2, 0.25) is 0 Å². The number of hydrogen-bond donors (Lipinski definition) is 2. The Labute approximate surface area is 89.4 Å². The van der Waals surface area contributed by atoms with E-state index in [-0.39, 0.29) is 6.03 Å². The van der Waals surface area contributed by atoms with Crippen LogP contribution >= 0.6 is 11.9 Å². The fourth-order valence-corrected chi connectivity index (χ4v) is 1.06. The van der Waals surface area contributed by atoms with Crippen molar-refractivity contribution >= 4 is 23.7 Å². The molecular formula is C9H17N3OS. The number of nitrogens with one attached hydrogen (secondary N) is 2. The standard InChI is InChI=1S/C9H17N3OS/c1-6(7(2)10-4)8(3)11-9(13)12-14-5/h1-5H3,(H2,11,12,13)/b8-6+,10-7?. The molecule has 0 aliphatic rings. The number of urea groups is 1. The summed E-state index contributed by atoms with van der Waals surface area (Å²) in [5, 5.41) is 2.72. The predicted octanol–water partition coefficient (Wildman–Crippen LogP) is 1.95. The lowest BCUT2D eigenvalue weighted by atomic mass is 10.1. The molecule has 0 bridgehead atoms. The Morgan fingerprint density at radius 1 is 1.29 bits per heavy atom. The highest BCUT2D eigenvalue weighted by molar-refractivity contribution is 7.97. The third-order valence-corrected chi connectivity index (χ3v) is 2.33. The fraction of sp³-hybridized carbons (Fsp3) is 0.556. The van der Waals surface area contributed by atoms with E-state index in [1.165, 1.54) is 11.9 Å². The van der Waals surface area contributed by atoms with E-state index >= 15 is 0 Å². The number of carbonyl (C=O) groups is 1. The number of carbonyl (C=O) groups excluding carboxylic acids is 1. The maximum absolute atomic E-state index is 11.2. The van der Waals surface area contributed by atoms with Crippen LogP contribution in [0.15, 0.2) is 16.3 Å². The zero-order valence-corrected chi connectivity index (χ0v) is 10.1. The molecule has 0 aromatic carbocycles. The molecule has 0 saturated carbocycles. The quantitative estimate of drug-likeness (QED) is 0.558. The average molecular weight is 215 g/mol. The second kappa shape index (κ2) is 6.48. The van der Waals surface area contributed by atoms with Gasteiger partial charge in [0.05, 0.1) is 0 Å². The number of rotatable bonds is 3. The molecule has 0 atom stereocenters. The van der Waals surface area contributed by atoms with Crippen LogP contribution < -0.4 is 10.0 Å². The number of hydrogen-bond acceptors (Lipinski definition) is 3. The van der Waals surface area contributed by atoms with Crippen molar-refractivity contribution in [2.24, 2.45) is 4.99 Å². The second-order valence-electron chi connectivity index (χ2n) is 2.82. The van der Waals surface area contributed by atoms with Crippen LogP contribution in [0.1, 0.15) is 20.8 Å². The molecule has 5 heteroatoms. The van der Waals surface area contributed by atoms with Crippen LogP contribution in [0, 0.1) is 0 Å². The lowest BCUT2D eigenvalue weighted by Gasteiger charge is -2.09. The molecule has 0 spiro atoms. The molecule has 0 aliphatic carbocycles. The normalized spacial score (nSPS) is 13.4. The fourth-order valence-electron chi connectivity index (χ4n) is 0.821. The van der Waals surface area contributed by atoms with Crippen molar-refractivity contribution in [3.8, 4) is 0 Å². The van der Waals surface area contributed by atoms with Gasteiger partial charge in [-0.05, 0) is 26.3 Å². The summed E-state index contributed by atoms with van der Waals surface area (Å²) in [6, 6.07) is -0.210. The van der Waals surface area contributed by atoms with E-state index in [2.05, 4.69) is 15.0 Å². The SMILES string of the molecule is CN=C(C)/C(C)=C(\C)NC(=O)NSC. The average Bonchev–Trinajstić information content (AvgIpc) is 2.15. The first-order chi connectivity index (χ1) is 6.52. The van der Waals surface area contributed by atoms with Gasteiger partial charge in [0.1, 0.15) is 0 Å². The van der Waals surface area contributed by atoms with E-state index in [9.17, 15) is 4.79 Å². The van der Waals surface area contributed by atoms with E-state index in [0.717, 1.165) is 17.0 Å². The summed E-state index contributed by atoms with van der Waals surface area (Å²) in [7, 11) is 1.73. The topological polar surface area (TPSA) is 53.5 Å². The molecule has 0 radical (unpaired) electrons. The van der Waals surface area contributed by atoms with Crippen molar-refractivity contribution in [2.45, 2.75) is 20.8 Å². The van der Waals surface area contributed by atoms with Crippen molar-refractivity contribution in [1.82, 2.24) is 10.0 Å². The van der Waals surface area contributed by atoms with E-state index in [1.807, 2.05) is 20.8 Å². The third kappa shape index (κ3) is 4.32. The van der Waals surface area contributed by atoms with Gasteiger partial charge in [-0.1, -0.05) is 11.9 Å². The molecule has 2 amide bonds. The number of nitrogens with zero attached hydrogens (tertiary/aromatic N) is 1. The molecule has 4 nitrogen and oxygen atoms in total. The first kappa shape index (κ1) is 13.0. The zero-order chi connectivity index (χ0) is 11.1. The summed E-state index contributed by atoms with van der Waals surface area (Å²) in [6.45, 7) is 5.69. The summed E-state index contributed by atoms with van der Waals surface area (Å²) >= 11 is 1.26. The molecule has 0 rings (SSSR count). The van der Waals surface area contributed by atoms with Gasteiger partial charge < -0.3 is 5.32 Å². The molecule has 0 aromatic heterocycles. The van der Waals surface area contributed by atoms with E-state index in [1.54, 1.807) is 13.3 Å². The lowest BCUT2D eigenvalue weighted by Crippen LogP contribution is -2.30. The zero-order valence-electron chi connectivity index (χ0n) is 9.26. The van der Waals surface area contributed by atoms with E-state index in [4.69, 9.17) is 0 Å². The minimum absolute atomic E-state index is 0.210. The summed E-state index contributed by atoms with van der Waals surface area (Å²) < 4.78 is 2.58. The molecule has 0 saturated heterocycles. The maximum atomic E-state index is 11.2. The van der Waals surface area contributed by atoms with Gasteiger partial charge in [0, 0.05) is 24.7 Å². The van der Waals surface area contributed by atoms with Crippen molar-refractivity contribution in [2.75, 3.05) is 13.3 Å². The first-order valence-electron chi connectivity index (χ1n) is 4.24. The smallest absolute Gasteiger partial charge is 0.311 e. The highest BCUT2D eigenvalue weighted by atomic mass is 32.2. The molecule has 0 aromatic rings. The molecule has 0 fully saturated rings. The van der Waals surface area contributed by atoms with Crippen molar-refractivity contribution in [3.05, 3.63) is 11.3 Å². The van der Waals surface area contributed by atoms with Gasteiger partial charge in [-0.2, -0.15) is 0 Å². The van der Waals surface area contributed by atoms with E-state index < -0.39 is 0 Å². The Balaban J connectivity index is 4.45. The van der Waals surface area contributed by atoms with Crippen LogP contribution in [-0.2, 0) is 0 Å². The van der Waals surface area contributed by atoms with Crippen molar-refractivity contribution in [1.29, 1.82) is 0 Å².